The van der Waals surface area contributed by atoms with Crippen molar-refractivity contribution in [2.24, 2.45) is 0 Å². The van der Waals surface area contributed by atoms with Crippen molar-refractivity contribution in [2.45, 2.75) is 31.7 Å². The fourth-order valence-electron chi connectivity index (χ4n) is 2.88. The molecule has 0 spiro atoms. The summed E-state index contributed by atoms with van der Waals surface area (Å²) in [5.74, 6) is 2.94. The van der Waals surface area contributed by atoms with Crippen LogP contribution in [0.25, 0.3) is 0 Å². The maximum atomic E-state index is 5.37. The molecule has 2 aliphatic rings. The third kappa shape index (κ3) is 2.77. The second-order valence-electron chi connectivity index (χ2n) is 5.58. The lowest BCUT2D eigenvalue weighted by atomic mass is 10.2. The van der Waals surface area contributed by atoms with E-state index in [0.29, 0.717) is 12.0 Å². The average molecular weight is 298 g/mol. The molecule has 114 valence electrons. The summed E-state index contributed by atoms with van der Waals surface area (Å²) in [4.78, 5) is 8.79. The first-order chi connectivity index (χ1) is 10.9. The Kier molecular flexibility index (Phi) is 3.42. The van der Waals surface area contributed by atoms with E-state index in [1.807, 2.05) is 24.3 Å². The van der Waals surface area contributed by atoms with Crippen LogP contribution in [-0.2, 0) is 0 Å². The van der Waals surface area contributed by atoms with Crippen LogP contribution in [0.3, 0.4) is 0 Å². The Labute approximate surface area is 128 Å². The van der Waals surface area contributed by atoms with Crippen LogP contribution in [0.4, 0.5) is 17.5 Å². The highest BCUT2D eigenvalue weighted by atomic mass is 16.7. The Morgan fingerprint density at radius 3 is 2.82 bits per heavy atom. The van der Waals surface area contributed by atoms with Crippen molar-refractivity contribution in [2.75, 3.05) is 17.4 Å². The van der Waals surface area contributed by atoms with E-state index in [4.69, 9.17) is 9.47 Å². The lowest BCUT2D eigenvalue weighted by Gasteiger charge is -2.13. The minimum absolute atomic E-state index is 0.274. The summed E-state index contributed by atoms with van der Waals surface area (Å²) in [7, 11) is 0. The zero-order valence-electron chi connectivity index (χ0n) is 12.2. The molecule has 1 aromatic carbocycles. The molecule has 1 saturated carbocycles. The van der Waals surface area contributed by atoms with Gasteiger partial charge in [-0.3, -0.25) is 0 Å². The molecule has 6 nitrogen and oxygen atoms in total. The molecule has 1 aliphatic heterocycles. The van der Waals surface area contributed by atoms with E-state index in [9.17, 15) is 0 Å². The fourth-order valence-corrected chi connectivity index (χ4v) is 2.88. The van der Waals surface area contributed by atoms with Crippen molar-refractivity contribution in [1.82, 2.24) is 9.97 Å². The van der Waals surface area contributed by atoms with Gasteiger partial charge in [0.1, 0.15) is 5.82 Å². The highest BCUT2D eigenvalue weighted by Crippen LogP contribution is 2.34. The van der Waals surface area contributed by atoms with Gasteiger partial charge in [-0.15, -0.1) is 0 Å². The fraction of sp³-hybridized carbons (Fsp3) is 0.375. The molecule has 0 bridgehead atoms. The molecule has 0 unspecified atom stereocenters. The van der Waals surface area contributed by atoms with Crippen molar-refractivity contribution in [1.29, 1.82) is 0 Å². The molecule has 2 aromatic rings. The van der Waals surface area contributed by atoms with Gasteiger partial charge in [0.05, 0.1) is 0 Å². The molecule has 1 fully saturated rings. The maximum Gasteiger partial charge on any atom is 0.231 e. The first-order valence-electron chi connectivity index (χ1n) is 7.63. The van der Waals surface area contributed by atoms with Gasteiger partial charge in [-0.2, -0.15) is 4.98 Å². The number of benzene rings is 1. The first kappa shape index (κ1) is 13.2. The van der Waals surface area contributed by atoms with E-state index >= 15 is 0 Å². The van der Waals surface area contributed by atoms with Gasteiger partial charge >= 0.3 is 0 Å². The molecular formula is C16H18N4O2. The van der Waals surface area contributed by atoms with Gasteiger partial charge in [0.15, 0.2) is 11.5 Å². The van der Waals surface area contributed by atoms with Crippen LogP contribution in [0.1, 0.15) is 25.7 Å². The van der Waals surface area contributed by atoms with Crippen LogP contribution >= 0.6 is 0 Å². The summed E-state index contributed by atoms with van der Waals surface area (Å²) in [5.41, 5.74) is 0.877. The van der Waals surface area contributed by atoms with E-state index in [2.05, 4.69) is 20.6 Å². The van der Waals surface area contributed by atoms with Crippen LogP contribution in [-0.4, -0.2) is 22.8 Å². The van der Waals surface area contributed by atoms with Crippen LogP contribution in [0, 0.1) is 0 Å². The van der Waals surface area contributed by atoms with E-state index in [0.717, 1.165) is 23.0 Å². The second kappa shape index (κ2) is 5.71. The number of nitrogens with zero attached hydrogens (tertiary/aromatic N) is 2. The number of rotatable bonds is 4. The number of anilines is 3. The maximum absolute atomic E-state index is 5.37. The number of fused-ring (bicyclic) bond motifs is 1. The third-order valence-corrected chi connectivity index (χ3v) is 3.99. The van der Waals surface area contributed by atoms with Gasteiger partial charge in [0, 0.05) is 24.0 Å². The van der Waals surface area contributed by atoms with E-state index in [1.165, 1.54) is 25.7 Å². The highest BCUT2D eigenvalue weighted by Gasteiger charge is 2.16. The van der Waals surface area contributed by atoms with Gasteiger partial charge in [-0.1, -0.05) is 12.8 Å². The minimum Gasteiger partial charge on any atom is -0.454 e. The molecule has 1 aromatic heterocycles. The molecule has 6 heteroatoms. The zero-order chi connectivity index (χ0) is 14.8. The predicted octanol–water partition coefficient (Wildman–Crippen LogP) is 3.30. The van der Waals surface area contributed by atoms with Crippen LogP contribution < -0.4 is 20.1 Å². The van der Waals surface area contributed by atoms with Gasteiger partial charge in [0.2, 0.25) is 12.7 Å². The SMILES string of the molecule is c1cc(NC2CCCC2)nc(Nc2ccc3c(c2)OCO3)n1. The van der Waals surface area contributed by atoms with E-state index < -0.39 is 0 Å². The van der Waals surface area contributed by atoms with Gasteiger partial charge in [-0.05, 0) is 31.0 Å². The van der Waals surface area contributed by atoms with E-state index in [1.54, 1.807) is 6.20 Å². The molecule has 0 atom stereocenters. The topological polar surface area (TPSA) is 68.3 Å². The van der Waals surface area contributed by atoms with Gasteiger partial charge < -0.3 is 20.1 Å². The zero-order valence-corrected chi connectivity index (χ0v) is 12.2. The Morgan fingerprint density at radius 2 is 1.91 bits per heavy atom. The molecule has 0 radical (unpaired) electrons. The first-order valence-corrected chi connectivity index (χ1v) is 7.63. The van der Waals surface area contributed by atoms with Crippen molar-refractivity contribution in [3.63, 3.8) is 0 Å². The molecular weight excluding hydrogens is 280 g/mol. The third-order valence-electron chi connectivity index (χ3n) is 3.99. The molecule has 22 heavy (non-hydrogen) atoms. The monoisotopic (exact) mass is 298 g/mol. The Balaban J connectivity index is 1.48. The summed E-state index contributed by atoms with van der Waals surface area (Å²) in [6.45, 7) is 0.274. The summed E-state index contributed by atoms with van der Waals surface area (Å²) >= 11 is 0. The van der Waals surface area contributed by atoms with Crippen molar-refractivity contribution < 1.29 is 9.47 Å². The summed E-state index contributed by atoms with van der Waals surface area (Å²) in [5, 5.41) is 6.67. The van der Waals surface area contributed by atoms with Crippen molar-refractivity contribution >= 4 is 17.5 Å². The standard InChI is InChI=1S/C16H18N4O2/c1-2-4-11(3-1)18-15-7-8-17-16(20-15)19-12-5-6-13-14(9-12)22-10-21-13/h5-9,11H,1-4,10H2,(H2,17,18,19,20). The molecule has 0 amide bonds. The number of ether oxygens (including phenoxy) is 2. The summed E-state index contributed by atoms with van der Waals surface area (Å²) < 4.78 is 10.7. The van der Waals surface area contributed by atoms with Crippen molar-refractivity contribution in [3.8, 4) is 11.5 Å². The number of hydrogen-bond acceptors (Lipinski definition) is 6. The smallest absolute Gasteiger partial charge is 0.231 e. The largest absolute Gasteiger partial charge is 0.454 e. The highest BCUT2D eigenvalue weighted by molar-refractivity contribution is 5.61. The molecule has 0 saturated heterocycles. The quantitative estimate of drug-likeness (QED) is 0.902. The minimum atomic E-state index is 0.274. The molecule has 2 N–H and O–H groups in total. The number of nitrogens with one attached hydrogen (secondary N) is 2. The van der Waals surface area contributed by atoms with E-state index in [-0.39, 0.29) is 6.79 Å². The predicted molar refractivity (Wildman–Crippen MR) is 83.8 cm³/mol. The van der Waals surface area contributed by atoms with Gasteiger partial charge in [0.25, 0.3) is 0 Å². The summed E-state index contributed by atoms with van der Waals surface area (Å²) in [6, 6.07) is 8.14. The molecule has 2 heterocycles. The second-order valence-corrected chi connectivity index (χ2v) is 5.58. The molecule has 1 aliphatic carbocycles. The Bertz CT molecular complexity index is 671. The summed E-state index contributed by atoms with van der Waals surface area (Å²) in [6.07, 6.45) is 6.79. The molecule has 4 rings (SSSR count). The van der Waals surface area contributed by atoms with Crippen molar-refractivity contribution in [3.05, 3.63) is 30.5 Å². The van der Waals surface area contributed by atoms with Gasteiger partial charge in [-0.25, -0.2) is 4.98 Å². The number of aromatic nitrogens is 2. The average Bonchev–Trinajstić information content (AvgIpc) is 3.18. The Morgan fingerprint density at radius 1 is 1.05 bits per heavy atom. The lowest BCUT2D eigenvalue weighted by molar-refractivity contribution is 0.174. The lowest BCUT2D eigenvalue weighted by Crippen LogP contribution is -2.15. The van der Waals surface area contributed by atoms with Crippen LogP contribution in [0.5, 0.6) is 11.5 Å². The number of hydrogen-bond donors (Lipinski definition) is 2. The van der Waals surface area contributed by atoms with Crippen LogP contribution in [0.15, 0.2) is 30.5 Å². The Hall–Kier alpha value is -2.50. The van der Waals surface area contributed by atoms with Crippen LogP contribution in [0.2, 0.25) is 0 Å². The normalized spacial score (nSPS) is 16.7.